The summed E-state index contributed by atoms with van der Waals surface area (Å²) < 4.78 is 4.98. The van der Waals surface area contributed by atoms with Gasteiger partial charge in [-0.1, -0.05) is 6.07 Å². The molecule has 5 heteroatoms. The Hall–Kier alpha value is -1.49. The van der Waals surface area contributed by atoms with Crippen LogP contribution in [0.2, 0.25) is 0 Å². The molecule has 98 valence electrons. The average Bonchev–Trinajstić information content (AvgIpc) is 2.36. The summed E-state index contributed by atoms with van der Waals surface area (Å²) in [5.41, 5.74) is 1.18. The van der Waals surface area contributed by atoms with Crippen LogP contribution in [0.15, 0.2) is 23.1 Å². The molecule has 0 spiro atoms. The molecule has 1 N–H and O–H groups in total. The van der Waals surface area contributed by atoms with Crippen molar-refractivity contribution in [3.05, 3.63) is 29.3 Å². The van der Waals surface area contributed by atoms with Crippen LogP contribution in [0, 0.1) is 0 Å². The Morgan fingerprint density at radius 3 is 2.67 bits per heavy atom. The second-order valence-corrected chi connectivity index (χ2v) is 4.52. The third kappa shape index (κ3) is 4.07. The Labute approximate surface area is 110 Å². The number of carboxylic acids is 1. The Kier molecular flexibility index (Phi) is 5.71. The predicted octanol–water partition coefficient (Wildman–Crippen LogP) is 2.60. The lowest BCUT2D eigenvalue weighted by molar-refractivity contribution is -0.136. The molecular formula is C13H16O4S. The number of ether oxygens (including phenoxy) is 1. The molecule has 0 bridgehead atoms. The molecule has 0 aliphatic rings. The van der Waals surface area contributed by atoms with Gasteiger partial charge in [0.05, 0.1) is 12.2 Å². The van der Waals surface area contributed by atoms with E-state index in [2.05, 4.69) is 0 Å². The molecule has 0 heterocycles. The van der Waals surface area contributed by atoms with E-state index in [1.165, 1.54) is 11.8 Å². The lowest BCUT2D eigenvalue weighted by atomic mass is 10.0. The zero-order chi connectivity index (χ0) is 13.5. The number of benzene rings is 1. The van der Waals surface area contributed by atoms with Crippen LogP contribution in [-0.4, -0.2) is 29.9 Å². The molecule has 0 atom stereocenters. The fourth-order valence-electron chi connectivity index (χ4n) is 1.54. The highest BCUT2D eigenvalue weighted by Gasteiger charge is 2.14. The van der Waals surface area contributed by atoms with Crippen LogP contribution in [-0.2, 0) is 16.0 Å². The van der Waals surface area contributed by atoms with Crippen LogP contribution in [0.4, 0.5) is 0 Å². The Bertz CT molecular complexity index is 443. The van der Waals surface area contributed by atoms with Crippen LogP contribution in [0.5, 0.6) is 0 Å². The molecule has 1 aromatic carbocycles. The van der Waals surface area contributed by atoms with Crippen molar-refractivity contribution in [2.45, 2.75) is 24.7 Å². The summed E-state index contributed by atoms with van der Waals surface area (Å²) in [5, 5.41) is 8.69. The Morgan fingerprint density at radius 2 is 2.11 bits per heavy atom. The summed E-state index contributed by atoms with van der Waals surface area (Å²) in [6, 6.07) is 5.42. The first kappa shape index (κ1) is 14.6. The van der Waals surface area contributed by atoms with Gasteiger partial charge in [0.15, 0.2) is 0 Å². The summed E-state index contributed by atoms with van der Waals surface area (Å²) in [4.78, 5) is 23.3. The van der Waals surface area contributed by atoms with Gasteiger partial charge in [0.2, 0.25) is 0 Å². The van der Waals surface area contributed by atoms with E-state index in [1.807, 2.05) is 12.3 Å². The van der Waals surface area contributed by atoms with Crippen molar-refractivity contribution >= 4 is 23.7 Å². The molecule has 1 aromatic rings. The molecular weight excluding hydrogens is 252 g/mol. The largest absolute Gasteiger partial charge is 0.481 e. The van der Waals surface area contributed by atoms with E-state index in [9.17, 15) is 9.59 Å². The van der Waals surface area contributed by atoms with Crippen LogP contribution >= 0.6 is 11.8 Å². The SMILES string of the molecule is CCOC(=O)c1cc(SC)ccc1CCC(=O)O. The quantitative estimate of drug-likeness (QED) is 0.634. The minimum atomic E-state index is -0.876. The van der Waals surface area contributed by atoms with E-state index >= 15 is 0 Å². The van der Waals surface area contributed by atoms with Crippen molar-refractivity contribution in [1.82, 2.24) is 0 Å². The van der Waals surface area contributed by atoms with E-state index in [4.69, 9.17) is 9.84 Å². The maximum atomic E-state index is 11.8. The summed E-state index contributed by atoms with van der Waals surface area (Å²) in [6.45, 7) is 2.05. The van der Waals surface area contributed by atoms with E-state index in [-0.39, 0.29) is 6.42 Å². The maximum absolute atomic E-state index is 11.8. The van der Waals surface area contributed by atoms with E-state index in [0.717, 1.165) is 4.90 Å². The lowest BCUT2D eigenvalue weighted by Gasteiger charge is -2.09. The third-order valence-corrected chi connectivity index (χ3v) is 3.15. The molecule has 0 aromatic heterocycles. The minimum Gasteiger partial charge on any atom is -0.481 e. The number of aryl methyl sites for hydroxylation is 1. The van der Waals surface area contributed by atoms with Crippen molar-refractivity contribution in [3.8, 4) is 0 Å². The van der Waals surface area contributed by atoms with Gasteiger partial charge in [-0.3, -0.25) is 4.79 Å². The second kappa shape index (κ2) is 7.06. The first-order chi connectivity index (χ1) is 8.58. The number of aliphatic carboxylic acids is 1. The molecule has 0 unspecified atom stereocenters. The van der Waals surface area contributed by atoms with Crippen LogP contribution in [0.3, 0.4) is 0 Å². The summed E-state index contributed by atoms with van der Waals surface area (Å²) in [5.74, 6) is -1.27. The fourth-order valence-corrected chi connectivity index (χ4v) is 1.98. The highest BCUT2D eigenvalue weighted by atomic mass is 32.2. The maximum Gasteiger partial charge on any atom is 0.338 e. The van der Waals surface area contributed by atoms with E-state index < -0.39 is 11.9 Å². The second-order valence-electron chi connectivity index (χ2n) is 3.64. The number of hydrogen-bond acceptors (Lipinski definition) is 4. The molecule has 0 aliphatic heterocycles. The molecule has 0 fully saturated rings. The predicted molar refractivity (Wildman–Crippen MR) is 70.1 cm³/mol. The van der Waals surface area contributed by atoms with Crippen LogP contribution < -0.4 is 0 Å². The standard InChI is InChI=1S/C13H16O4S/c1-3-17-13(16)11-8-10(18-2)6-4-9(11)5-7-12(14)15/h4,6,8H,3,5,7H2,1-2H3,(H,14,15). The van der Waals surface area contributed by atoms with Crippen LogP contribution in [0.1, 0.15) is 29.3 Å². The van der Waals surface area contributed by atoms with Crippen molar-refractivity contribution in [2.24, 2.45) is 0 Å². The van der Waals surface area contributed by atoms with Gasteiger partial charge in [0, 0.05) is 11.3 Å². The topological polar surface area (TPSA) is 63.6 Å². The lowest BCUT2D eigenvalue weighted by Crippen LogP contribution is -2.09. The van der Waals surface area contributed by atoms with E-state index in [0.29, 0.717) is 24.2 Å². The highest BCUT2D eigenvalue weighted by Crippen LogP contribution is 2.21. The molecule has 1 rings (SSSR count). The molecule has 0 saturated heterocycles. The Morgan fingerprint density at radius 1 is 1.39 bits per heavy atom. The first-order valence-corrected chi connectivity index (χ1v) is 6.86. The molecule has 0 radical (unpaired) electrons. The smallest absolute Gasteiger partial charge is 0.338 e. The zero-order valence-corrected chi connectivity index (χ0v) is 11.3. The third-order valence-electron chi connectivity index (χ3n) is 2.42. The molecule has 0 saturated carbocycles. The number of esters is 1. The zero-order valence-electron chi connectivity index (χ0n) is 10.4. The van der Waals surface area contributed by atoms with Crippen molar-refractivity contribution < 1.29 is 19.4 Å². The van der Waals surface area contributed by atoms with Gasteiger partial charge in [-0.05, 0) is 37.3 Å². The van der Waals surface area contributed by atoms with Gasteiger partial charge in [-0.25, -0.2) is 4.79 Å². The van der Waals surface area contributed by atoms with Gasteiger partial charge in [-0.2, -0.15) is 0 Å². The molecule has 0 aliphatic carbocycles. The molecule has 18 heavy (non-hydrogen) atoms. The molecule has 4 nitrogen and oxygen atoms in total. The number of carbonyl (C=O) groups excluding carboxylic acids is 1. The number of carbonyl (C=O) groups is 2. The van der Waals surface area contributed by atoms with Gasteiger partial charge in [0.1, 0.15) is 0 Å². The van der Waals surface area contributed by atoms with Crippen molar-refractivity contribution in [2.75, 3.05) is 12.9 Å². The van der Waals surface area contributed by atoms with Gasteiger partial charge in [0.25, 0.3) is 0 Å². The molecule has 0 amide bonds. The van der Waals surface area contributed by atoms with E-state index in [1.54, 1.807) is 19.1 Å². The monoisotopic (exact) mass is 268 g/mol. The van der Waals surface area contributed by atoms with Crippen LogP contribution in [0.25, 0.3) is 0 Å². The highest BCUT2D eigenvalue weighted by molar-refractivity contribution is 7.98. The van der Waals surface area contributed by atoms with Gasteiger partial charge < -0.3 is 9.84 Å². The number of carboxylic acid groups (broad SMARTS) is 1. The Balaban J connectivity index is 2.99. The number of hydrogen-bond donors (Lipinski definition) is 1. The van der Waals surface area contributed by atoms with Crippen molar-refractivity contribution in [3.63, 3.8) is 0 Å². The fraction of sp³-hybridized carbons (Fsp3) is 0.385. The average molecular weight is 268 g/mol. The number of thioether (sulfide) groups is 1. The minimum absolute atomic E-state index is 0.00498. The van der Waals surface area contributed by atoms with Crippen molar-refractivity contribution in [1.29, 1.82) is 0 Å². The van der Waals surface area contributed by atoms with Gasteiger partial charge >= 0.3 is 11.9 Å². The summed E-state index contributed by atoms with van der Waals surface area (Å²) >= 11 is 1.53. The van der Waals surface area contributed by atoms with Gasteiger partial charge in [-0.15, -0.1) is 11.8 Å². The summed E-state index contributed by atoms with van der Waals surface area (Å²) in [6.07, 6.45) is 2.25. The summed E-state index contributed by atoms with van der Waals surface area (Å²) in [7, 11) is 0. The number of rotatable bonds is 6. The normalized spacial score (nSPS) is 10.1. The first-order valence-electron chi connectivity index (χ1n) is 5.64.